The third-order valence-corrected chi connectivity index (χ3v) is 13.1. The second kappa shape index (κ2) is 22.7. The van der Waals surface area contributed by atoms with E-state index in [1.807, 2.05) is 119 Å². The molecular weight excluding hydrogens is 1090 g/mol. The molecular formula is C55H62Br2N10O8. The Balaban J connectivity index is 0.000000199. The van der Waals surface area contributed by atoms with Gasteiger partial charge in [0.25, 0.3) is 0 Å². The van der Waals surface area contributed by atoms with E-state index in [1.165, 1.54) is 0 Å². The molecule has 2 aliphatic heterocycles. The molecule has 0 bridgehead atoms. The van der Waals surface area contributed by atoms with Gasteiger partial charge in [-0.25, -0.2) is 34.1 Å². The predicted molar refractivity (Wildman–Crippen MR) is 300 cm³/mol. The number of nitrogens with one attached hydrogen (secondary N) is 1. The molecule has 4 aromatic carbocycles. The number of amides is 2. The summed E-state index contributed by atoms with van der Waals surface area (Å²) < 4.78 is 24.9. The number of anilines is 5. The number of esters is 2. The second-order valence-corrected chi connectivity index (χ2v) is 21.7. The highest BCUT2D eigenvalue weighted by Crippen LogP contribution is 2.36. The van der Waals surface area contributed by atoms with Crippen LogP contribution < -0.4 is 20.9 Å². The quantitative estimate of drug-likeness (QED) is 0.0785. The number of imidazole rings is 1. The Bertz CT molecular complexity index is 3270. The number of piperazine rings is 2. The minimum atomic E-state index is -0.532. The second-order valence-electron chi connectivity index (χ2n) is 19.9. The Hall–Kier alpha value is -7.19. The Morgan fingerprint density at radius 3 is 1.64 bits per heavy atom. The van der Waals surface area contributed by atoms with Gasteiger partial charge in [0, 0.05) is 84.2 Å². The molecule has 18 nitrogen and oxygen atoms in total. The fraction of sp³-hybridized carbons (Fsp3) is 0.364. The molecule has 2 fully saturated rings. The van der Waals surface area contributed by atoms with Crippen LogP contribution >= 0.6 is 31.9 Å². The van der Waals surface area contributed by atoms with Gasteiger partial charge in [0.05, 0.1) is 63.6 Å². The zero-order valence-electron chi connectivity index (χ0n) is 43.4. The van der Waals surface area contributed by atoms with E-state index in [2.05, 4.69) is 52.0 Å². The monoisotopic (exact) mass is 1150 g/mol. The fourth-order valence-corrected chi connectivity index (χ4v) is 9.61. The summed E-state index contributed by atoms with van der Waals surface area (Å²) >= 11 is 7.02. The average Bonchev–Trinajstić information content (AvgIpc) is 3.79. The molecule has 0 atom stereocenters. The van der Waals surface area contributed by atoms with E-state index in [1.54, 1.807) is 42.1 Å². The minimum absolute atomic E-state index is 0.257. The van der Waals surface area contributed by atoms with Crippen molar-refractivity contribution in [2.24, 2.45) is 0 Å². The van der Waals surface area contributed by atoms with Crippen molar-refractivity contribution in [3.8, 4) is 5.69 Å². The Kier molecular flexibility index (Phi) is 16.4. The van der Waals surface area contributed by atoms with E-state index < -0.39 is 23.1 Å². The molecule has 2 amide bonds. The highest BCUT2D eigenvalue weighted by molar-refractivity contribution is 9.10. The van der Waals surface area contributed by atoms with Gasteiger partial charge in [0.1, 0.15) is 34.7 Å². The van der Waals surface area contributed by atoms with Crippen molar-refractivity contribution in [1.82, 2.24) is 29.3 Å². The number of para-hydroxylation sites is 2. The standard InChI is InChI=1S/C28H30BrN5O4.C27H32BrN5O4/c1-5-37-26(35)20-14-18(29)15-23-25(20)30-17-34(23)22-16-24(31-21-9-7-6-8-19(21)22)32-10-12-33(13-11-32)27(36)38-28(2,3)4;1-5-36-25(34)19-14-17(28)15-22(24(19)29)30-21-16-23(31-20-9-7-6-8-18(20)21)32-10-12-33(13-11-32)26(35)37-27(2,3)4/h6-9,14-17H,5,10-13H2,1-4H3;6-9,14-16H,5,10-13,29H2,1-4H3,(H,30,31). The maximum atomic E-state index is 12.6. The first-order chi connectivity index (χ1) is 35.7. The smallest absolute Gasteiger partial charge is 0.410 e. The predicted octanol–water partition coefficient (Wildman–Crippen LogP) is 11.1. The zero-order valence-corrected chi connectivity index (χ0v) is 46.6. The Labute approximate surface area is 452 Å². The van der Waals surface area contributed by atoms with Crippen LogP contribution in [-0.2, 0) is 18.9 Å². The van der Waals surface area contributed by atoms with Crippen molar-refractivity contribution in [2.45, 2.75) is 66.6 Å². The topological polar surface area (TPSA) is 200 Å². The summed E-state index contributed by atoms with van der Waals surface area (Å²) in [5.74, 6) is 0.703. The molecule has 75 heavy (non-hydrogen) atoms. The fourth-order valence-electron chi connectivity index (χ4n) is 8.70. The van der Waals surface area contributed by atoms with Crippen molar-refractivity contribution in [2.75, 3.05) is 86.4 Å². The lowest BCUT2D eigenvalue weighted by molar-refractivity contribution is 0.0230. The van der Waals surface area contributed by atoms with Gasteiger partial charge >= 0.3 is 24.1 Å². The van der Waals surface area contributed by atoms with E-state index in [0.717, 1.165) is 54.8 Å². The van der Waals surface area contributed by atoms with Gasteiger partial charge in [0.2, 0.25) is 0 Å². The van der Waals surface area contributed by atoms with Crippen molar-refractivity contribution < 1.29 is 38.1 Å². The number of halogens is 2. The van der Waals surface area contributed by atoms with Crippen LogP contribution in [0.25, 0.3) is 38.5 Å². The maximum Gasteiger partial charge on any atom is 0.410 e. The number of carbonyl (C=O) groups excluding carboxylic acids is 4. The van der Waals surface area contributed by atoms with Gasteiger partial charge in [-0.15, -0.1) is 0 Å². The summed E-state index contributed by atoms with van der Waals surface area (Å²) in [6.07, 6.45) is 1.13. The summed E-state index contributed by atoms with van der Waals surface area (Å²) in [4.78, 5) is 72.3. The van der Waals surface area contributed by atoms with Crippen LogP contribution in [-0.4, -0.2) is 130 Å². The van der Waals surface area contributed by atoms with Crippen LogP contribution in [0.5, 0.6) is 0 Å². The molecule has 0 aliphatic carbocycles. The lowest BCUT2D eigenvalue weighted by Gasteiger charge is -2.36. The number of fused-ring (bicyclic) bond motifs is 3. The highest BCUT2D eigenvalue weighted by Gasteiger charge is 2.29. The summed E-state index contributed by atoms with van der Waals surface area (Å²) in [6, 6.07) is 26.9. The third-order valence-electron chi connectivity index (χ3n) is 12.2. The molecule has 2 saturated heterocycles. The molecule has 0 saturated carbocycles. The Morgan fingerprint density at radius 1 is 0.613 bits per heavy atom. The van der Waals surface area contributed by atoms with Crippen LogP contribution in [0.3, 0.4) is 0 Å². The van der Waals surface area contributed by atoms with Crippen LogP contribution in [0.2, 0.25) is 0 Å². The van der Waals surface area contributed by atoms with Gasteiger partial charge in [-0.1, -0.05) is 68.3 Å². The summed E-state index contributed by atoms with van der Waals surface area (Å²) in [5.41, 5.74) is 11.6. The molecule has 2 aliphatic rings. The first-order valence-corrected chi connectivity index (χ1v) is 26.4. The van der Waals surface area contributed by atoms with Crippen molar-refractivity contribution in [1.29, 1.82) is 0 Å². The lowest BCUT2D eigenvalue weighted by Crippen LogP contribution is -2.50. The van der Waals surface area contributed by atoms with Crippen molar-refractivity contribution in [3.63, 3.8) is 0 Å². The van der Waals surface area contributed by atoms with Gasteiger partial charge in [-0.3, -0.25) is 4.57 Å². The van der Waals surface area contributed by atoms with Crippen LogP contribution in [0.15, 0.2) is 100 Å². The zero-order chi connectivity index (χ0) is 53.8. The number of aromatic nitrogens is 4. The van der Waals surface area contributed by atoms with E-state index in [-0.39, 0.29) is 31.0 Å². The van der Waals surface area contributed by atoms with E-state index in [4.69, 9.17) is 34.6 Å². The number of benzene rings is 4. The first-order valence-electron chi connectivity index (χ1n) is 24.8. The van der Waals surface area contributed by atoms with Crippen LogP contribution in [0, 0.1) is 0 Å². The lowest BCUT2D eigenvalue weighted by atomic mass is 10.1. The van der Waals surface area contributed by atoms with E-state index in [0.29, 0.717) is 79.3 Å². The molecule has 0 spiro atoms. The van der Waals surface area contributed by atoms with Crippen LogP contribution in [0.1, 0.15) is 76.1 Å². The molecule has 3 N–H and O–H groups in total. The van der Waals surface area contributed by atoms with Crippen molar-refractivity contribution in [3.05, 3.63) is 111 Å². The van der Waals surface area contributed by atoms with Gasteiger partial charge in [-0.2, -0.15) is 0 Å². The molecule has 7 aromatic rings. The summed E-state index contributed by atoms with van der Waals surface area (Å²) in [7, 11) is 0. The normalized spacial score (nSPS) is 14.1. The van der Waals surface area contributed by atoms with Gasteiger partial charge < -0.3 is 49.6 Å². The summed E-state index contributed by atoms with van der Waals surface area (Å²) in [5, 5.41) is 5.28. The number of nitrogen functional groups attached to an aromatic ring is 1. The number of hydrogen-bond acceptors (Lipinski definition) is 15. The van der Waals surface area contributed by atoms with Crippen LogP contribution in [0.4, 0.5) is 38.3 Å². The molecule has 0 radical (unpaired) electrons. The minimum Gasteiger partial charge on any atom is -0.462 e. The number of rotatable bonds is 9. The van der Waals surface area contributed by atoms with Crippen molar-refractivity contribution >= 4 is 118 Å². The number of pyridine rings is 2. The molecule has 20 heteroatoms. The molecule has 5 heterocycles. The number of ether oxygens (including phenoxy) is 4. The number of nitrogens with zero attached hydrogens (tertiary/aromatic N) is 8. The molecule has 9 rings (SSSR count). The maximum absolute atomic E-state index is 12.6. The SMILES string of the molecule is CCOC(=O)c1cc(Br)cc(Nc2cc(N3CCN(C(=O)OC(C)(C)C)CC3)nc3ccccc23)c1N.CCOC(=O)c1cc(Br)cc2c1ncn2-c1cc(N2CCN(C(=O)OC(C)(C)C)CC2)nc2ccccc12. The van der Waals surface area contributed by atoms with Gasteiger partial charge in [0.15, 0.2) is 0 Å². The summed E-state index contributed by atoms with van der Waals surface area (Å²) in [6.45, 7) is 19.9. The number of nitrogens with two attached hydrogens (primary N) is 1. The largest absolute Gasteiger partial charge is 0.462 e. The first kappa shape index (κ1) is 54.1. The number of hydrogen-bond donors (Lipinski definition) is 2. The molecule has 0 unspecified atom stereocenters. The molecule has 3 aromatic heterocycles. The third kappa shape index (κ3) is 12.8. The molecule has 394 valence electrons. The van der Waals surface area contributed by atoms with E-state index in [9.17, 15) is 19.2 Å². The van der Waals surface area contributed by atoms with Gasteiger partial charge in [-0.05, 0) is 91.8 Å². The number of carbonyl (C=O) groups is 4. The average molecular weight is 1150 g/mol. The highest BCUT2D eigenvalue weighted by atomic mass is 79.9. The Morgan fingerprint density at radius 2 is 1.09 bits per heavy atom. The van der Waals surface area contributed by atoms with E-state index >= 15 is 0 Å².